The third kappa shape index (κ3) is 4.83. The van der Waals surface area contributed by atoms with Crippen LogP contribution in [0.25, 0.3) is 0 Å². The molecule has 2 aromatic rings. The zero-order valence-corrected chi connectivity index (χ0v) is 14.3. The van der Waals surface area contributed by atoms with Gasteiger partial charge in [-0.2, -0.15) is 0 Å². The van der Waals surface area contributed by atoms with Crippen LogP contribution in [0.1, 0.15) is 23.6 Å². The summed E-state index contributed by atoms with van der Waals surface area (Å²) in [5.74, 6) is 1.29. The summed E-state index contributed by atoms with van der Waals surface area (Å²) in [5.41, 5.74) is 3.21. The van der Waals surface area contributed by atoms with Gasteiger partial charge in [0.25, 0.3) is 0 Å². The predicted octanol–water partition coefficient (Wildman–Crippen LogP) is 4.25. The van der Waals surface area contributed by atoms with Crippen molar-refractivity contribution in [3.8, 4) is 11.5 Å². The van der Waals surface area contributed by atoms with E-state index in [1.807, 2.05) is 19.1 Å². The van der Waals surface area contributed by atoms with Gasteiger partial charge in [0.15, 0.2) is 11.5 Å². The summed E-state index contributed by atoms with van der Waals surface area (Å²) in [7, 11) is 1.64. The first-order chi connectivity index (χ1) is 11.7. The average molecular weight is 329 g/mol. The van der Waals surface area contributed by atoms with Gasteiger partial charge in [0, 0.05) is 18.7 Å². The van der Waals surface area contributed by atoms with Gasteiger partial charge in [0.1, 0.15) is 5.82 Å². The minimum Gasteiger partial charge on any atom is -0.493 e. The molecule has 24 heavy (non-hydrogen) atoms. The molecule has 4 heteroatoms. The molecule has 0 amide bonds. The molecular weight excluding hydrogens is 305 g/mol. The number of methoxy groups -OCH3 is 1. The number of rotatable bonds is 9. The summed E-state index contributed by atoms with van der Waals surface area (Å²) in [6.45, 7) is 7.71. The van der Waals surface area contributed by atoms with E-state index >= 15 is 0 Å². The SMILES string of the molecule is C=CCc1cc(CNCc2ccc(F)cc2)cc(OC)c1OCC. The molecule has 0 saturated heterocycles. The maximum atomic E-state index is 12.9. The molecule has 0 fully saturated rings. The Hall–Kier alpha value is -2.33. The number of ether oxygens (including phenoxy) is 2. The van der Waals surface area contributed by atoms with E-state index in [4.69, 9.17) is 9.47 Å². The maximum absolute atomic E-state index is 12.9. The number of hydrogen-bond donors (Lipinski definition) is 1. The quantitative estimate of drug-likeness (QED) is 0.698. The van der Waals surface area contributed by atoms with Gasteiger partial charge >= 0.3 is 0 Å². The number of benzene rings is 2. The Morgan fingerprint density at radius 3 is 2.46 bits per heavy atom. The fraction of sp³-hybridized carbons (Fsp3) is 0.300. The topological polar surface area (TPSA) is 30.5 Å². The van der Waals surface area contributed by atoms with Crippen molar-refractivity contribution in [2.45, 2.75) is 26.4 Å². The van der Waals surface area contributed by atoms with E-state index in [2.05, 4.69) is 18.0 Å². The van der Waals surface area contributed by atoms with Gasteiger partial charge in [-0.3, -0.25) is 0 Å². The Morgan fingerprint density at radius 1 is 1.12 bits per heavy atom. The van der Waals surface area contributed by atoms with Crippen LogP contribution < -0.4 is 14.8 Å². The molecule has 128 valence electrons. The van der Waals surface area contributed by atoms with E-state index < -0.39 is 0 Å². The minimum atomic E-state index is -0.218. The lowest BCUT2D eigenvalue weighted by molar-refractivity contribution is 0.308. The van der Waals surface area contributed by atoms with Crippen LogP contribution in [0.5, 0.6) is 11.5 Å². The molecule has 3 nitrogen and oxygen atoms in total. The molecule has 1 N–H and O–H groups in total. The zero-order valence-electron chi connectivity index (χ0n) is 14.3. The molecule has 0 bridgehead atoms. The van der Waals surface area contributed by atoms with Crippen LogP contribution in [0.15, 0.2) is 49.1 Å². The molecule has 0 spiro atoms. The van der Waals surface area contributed by atoms with Crippen molar-refractivity contribution in [2.24, 2.45) is 0 Å². The predicted molar refractivity (Wildman–Crippen MR) is 95.0 cm³/mol. The van der Waals surface area contributed by atoms with Crippen LogP contribution in [0, 0.1) is 5.82 Å². The fourth-order valence-corrected chi connectivity index (χ4v) is 2.55. The minimum absolute atomic E-state index is 0.218. The van der Waals surface area contributed by atoms with Crippen molar-refractivity contribution < 1.29 is 13.9 Å². The Labute approximate surface area is 143 Å². The Bertz CT molecular complexity index is 668. The molecule has 0 aliphatic heterocycles. The van der Waals surface area contributed by atoms with Crippen LogP contribution in [0.4, 0.5) is 4.39 Å². The lowest BCUT2D eigenvalue weighted by atomic mass is 10.1. The first-order valence-electron chi connectivity index (χ1n) is 8.06. The van der Waals surface area contributed by atoms with Crippen LogP contribution >= 0.6 is 0 Å². The standard InChI is InChI=1S/C20H24FNO2/c1-4-6-17-11-16(12-19(23-3)20(17)24-5-2)14-22-13-15-7-9-18(21)10-8-15/h4,7-12,22H,1,5-6,13-14H2,2-3H3. The van der Waals surface area contributed by atoms with Gasteiger partial charge in [-0.15, -0.1) is 6.58 Å². The Morgan fingerprint density at radius 2 is 1.83 bits per heavy atom. The van der Waals surface area contributed by atoms with Crippen LogP contribution in [0.3, 0.4) is 0 Å². The van der Waals surface area contributed by atoms with Gasteiger partial charge in [-0.05, 0) is 42.7 Å². The molecule has 0 aromatic heterocycles. The normalized spacial score (nSPS) is 10.5. The summed E-state index contributed by atoms with van der Waals surface area (Å²) < 4.78 is 24.1. The summed E-state index contributed by atoms with van der Waals surface area (Å²) >= 11 is 0. The van der Waals surface area contributed by atoms with E-state index in [1.54, 1.807) is 19.2 Å². The molecule has 0 aliphatic carbocycles. The molecule has 2 aromatic carbocycles. The number of halogens is 1. The van der Waals surface area contributed by atoms with Gasteiger partial charge in [0.2, 0.25) is 0 Å². The zero-order chi connectivity index (χ0) is 17.4. The second-order valence-corrected chi connectivity index (χ2v) is 5.44. The van der Waals surface area contributed by atoms with Crippen LogP contribution in [-0.2, 0) is 19.5 Å². The van der Waals surface area contributed by atoms with Gasteiger partial charge in [-0.25, -0.2) is 4.39 Å². The second kappa shape index (κ2) is 9.08. The van der Waals surface area contributed by atoms with Crippen LogP contribution in [-0.4, -0.2) is 13.7 Å². The third-order valence-electron chi connectivity index (χ3n) is 3.64. The molecule has 0 atom stereocenters. The van der Waals surface area contributed by atoms with Crippen molar-refractivity contribution >= 4 is 0 Å². The highest BCUT2D eigenvalue weighted by molar-refractivity contribution is 5.50. The number of hydrogen-bond acceptors (Lipinski definition) is 3. The first-order valence-corrected chi connectivity index (χ1v) is 8.06. The van der Waals surface area contributed by atoms with E-state index in [0.29, 0.717) is 19.7 Å². The number of nitrogens with one attached hydrogen (secondary N) is 1. The highest BCUT2D eigenvalue weighted by Crippen LogP contribution is 2.33. The summed E-state index contributed by atoms with van der Waals surface area (Å²) in [6.07, 6.45) is 2.57. The highest BCUT2D eigenvalue weighted by atomic mass is 19.1. The molecular formula is C20H24FNO2. The van der Waals surface area contributed by atoms with Crippen molar-refractivity contribution in [3.05, 3.63) is 71.6 Å². The largest absolute Gasteiger partial charge is 0.493 e. The summed E-state index contributed by atoms with van der Waals surface area (Å²) in [4.78, 5) is 0. The molecule has 0 heterocycles. The van der Waals surface area contributed by atoms with E-state index in [9.17, 15) is 4.39 Å². The Kier molecular flexibility index (Phi) is 6.82. The first kappa shape index (κ1) is 18.0. The van der Waals surface area contributed by atoms with Crippen molar-refractivity contribution in [1.82, 2.24) is 5.32 Å². The summed E-state index contributed by atoms with van der Waals surface area (Å²) in [6, 6.07) is 10.6. The Balaban J connectivity index is 2.09. The van der Waals surface area contributed by atoms with Gasteiger partial charge in [0.05, 0.1) is 13.7 Å². The van der Waals surface area contributed by atoms with Crippen molar-refractivity contribution in [2.75, 3.05) is 13.7 Å². The maximum Gasteiger partial charge on any atom is 0.164 e. The molecule has 0 saturated carbocycles. The molecule has 0 unspecified atom stereocenters. The lowest BCUT2D eigenvalue weighted by Gasteiger charge is -2.16. The monoisotopic (exact) mass is 329 g/mol. The van der Waals surface area contributed by atoms with Crippen molar-refractivity contribution in [1.29, 1.82) is 0 Å². The van der Waals surface area contributed by atoms with E-state index in [1.165, 1.54) is 12.1 Å². The smallest absolute Gasteiger partial charge is 0.164 e. The third-order valence-corrected chi connectivity index (χ3v) is 3.64. The van der Waals surface area contributed by atoms with E-state index in [0.717, 1.165) is 34.6 Å². The molecule has 0 radical (unpaired) electrons. The van der Waals surface area contributed by atoms with Crippen molar-refractivity contribution in [3.63, 3.8) is 0 Å². The van der Waals surface area contributed by atoms with Gasteiger partial charge in [-0.1, -0.05) is 24.3 Å². The fourth-order valence-electron chi connectivity index (χ4n) is 2.55. The lowest BCUT2D eigenvalue weighted by Crippen LogP contribution is -2.13. The van der Waals surface area contributed by atoms with Crippen LogP contribution in [0.2, 0.25) is 0 Å². The molecule has 0 aliphatic rings. The van der Waals surface area contributed by atoms with Gasteiger partial charge < -0.3 is 14.8 Å². The van der Waals surface area contributed by atoms with E-state index in [-0.39, 0.29) is 5.82 Å². The number of allylic oxidation sites excluding steroid dienone is 1. The second-order valence-electron chi connectivity index (χ2n) is 5.44. The summed E-state index contributed by atoms with van der Waals surface area (Å²) in [5, 5.41) is 3.36. The molecule has 2 rings (SSSR count). The average Bonchev–Trinajstić information content (AvgIpc) is 2.59. The highest BCUT2D eigenvalue weighted by Gasteiger charge is 2.12.